The molecule has 0 aromatic heterocycles. The molecule has 1 aliphatic carbocycles. The van der Waals surface area contributed by atoms with Crippen LogP contribution in [0.15, 0.2) is 24.3 Å². The van der Waals surface area contributed by atoms with Crippen LogP contribution in [0, 0.1) is 0 Å². The van der Waals surface area contributed by atoms with Gasteiger partial charge in [0.05, 0.1) is 7.05 Å². The summed E-state index contributed by atoms with van der Waals surface area (Å²) in [5.41, 5.74) is 1.62. The fourth-order valence-electron chi connectivity index (χ4n) is 3.31. The first-order valence-electron chi connectivity index (χ1n) is 9.65. The topological polar surface area (TPSA) is 91.7 Å². The quantitative estimate of drug-likeness (QED) is 0.587. The zero-order chi connectivity index (χ0) is 19.8. The second kappa shape index (κ2) is 10.1. The highest BCUT2D eigenvalue weighted by Gasteiger charge is 2.25. The SMILES string of the molecule is CNC(=O)c1ccc(C[NH+](C)[C@@H](C)C(=O)NC(=O)NC2CCCCC2)cc1. The van der Waals surface area contributed by atoms with E-state index in [9.17, 15) is 14.4 Å². The first-order chi connectivity index (χ1) is 12.9. The van der Waals surface area contributed by atoms with Gasteiger partial charge in [-0.2, -0.15) is 0 Å². The van der Waals surface area contributed by atoms with Gasteiger partial charge in [0.2, 0.25) is 0 Å². The van der Waals surface area contributed by atoms with Crippen molar-refractivity contribution < 1.29 is 19.3 Å². The molecule has 0 saturated heterocycles. The van der Waals surface area contributed by atoms with E-state index in [1.807, 2.05) is 19.2 Å². The molecule has 1 unspecified atom stereocenters. The highest BCUT2D eigenvalue weighted by molar-refractivity contribution is 5.96. The summed E-state index contributed by atoms with van der Waals surface area (Å²) in [4.78, 5) is 37.0. The number of benzene rings is 1. The Hall–Kier alpha value is -2.41. The summed E-state index contributed by atoms with van der Waals surface area (Å²) in [7, 11) is 3.51. The Kier molecular flexibility index (Phi) is 7.79. The molecule has 1 aromatic rings. The Bertz CT molecular complexity index is 654. The standard InChI is InChI=1S/C20H30N4O3/c1-14(18(25)23-20(27)22-17-7-5-4-6-8-17)24(3)13-15-9-11-16(12-10-15)19(26)21-2/h9-12,14,17H,4-8,13H2,1-3H3,(H,21,26)(H2,22,23,25,27)/p+1/t14-/m0/s1. The van der Waals surface area contributed by atoms with Crippen LogP contribution in [0.5, 0.6) is 0 Å². The molecule has 0 heterocycles. The lowest BCUT2D eigenvalue weighted by molar-refractivity contribution is -0.908. The highest BCUT2D eigenvalue weighted by atomic mass is 16.2. The maximum atomic E-state index is 12.4. The van der Waals surface area contributed by atoms with E-state index in [0.29, 0.717) is 12.1 Å². The first-order valence-corrected chi connectivity index (χ1v) is 9.65. The van der Waals surface area contributed by atoms with Crippen molar-refractivity contribution in [3.8, 4) is 0 Å². The number of nitrogens with one attached hydrogen (secondary N) is 4. The molecule has 0 radical (unpaired) electrons. The molecule has 4 amide bonds. The number of quaternary nitrogens is 1. The second-order valence-corrected chi connectivity index (χ2v) is 7.32. The van der Waals surface area contributed by atoms with Crippen molar-refractivity contribution in [1.29, 1.82) is 0 Å². The molecular formula is C20H31N4O3+. The molecule has 0 aliphatic heterocycles. The number of hydrogen-bond donors (Lipinski definition) is 4. The second-order valence-electron chi connectivity index (χ2n) is 7.32. The largest absolute Gasteiger partial charge is 0.355 e. The molecule has 4 N–H and O–H groups in total. The Morgan fingerprint density at radius 3 is 2.33 bits per heavy atom. The van der Waals surface area contributed by atoms with Gasteiger partial charge in [-0.05, 0) is 31.9 Å². The van der Waals surface area contributed by atoms with Crippen LogP contribution in [0.4, 0.5) is 4.79 Å². The Morgan fingerprint density at radius 2 is 1.74 bits per heavy atom. The van der Waals surface area contributed by atoms with Gasteiger partial charge in [0.15, 0.2) is 6.04 Å². The van der Waals surface area contributed by atoms with Crippen LogP contribution >= 0.6 is 0 Å². The van der Waals surface area contributed by atoms with Gasteiger partial charge >= 0.3 is 6.03 Å². The van der Waals surface area contributed by atoms with E-state index in [4.69, 9.17) is 0 Å². The Morgan fingerprint density at radius 1 is 1.11 bits per heavy atom. The summed E-state index contributed by atoms with van der Waals surface area (Å²) in [5, 5.41) is 7.95. The fourth-order valence-corrected chi connectivity index (χ4v) is 3.31. The zero-order valence-electron chi connectivity index (χ0n) is 16.4. The van der Waals surface area contributed by atoms with E-state index in [1.54, 1.807) is 26.1 Å². The van der Waals surface area contributed by atoms with Gasteiger partial charge in [-0.1, -0.05) is 31.4 Å². The van der Waals surface area contributed by atoms with Crippen molar-refractivity contribution in [2.75, 3.05) is 14.1 Å². The maximum Gasteiger partial charge on any atom is 0.321 e. The third-order valence-corrected chi connectivity index (χ3v) is 5.24. The molecule has 0 spiro atoms. The third kappa shape index (κ3) is 6.36. The van der Waals surface area contributed by atoms with Crippen molar-refractivity contribution in [2.24, 2.45) is 0 Å². The lowest BCUT2D eigenvalue weighted by Gasteiger charge is -2.24. The van der Waals surface area contributed by atoms with Crippen LogP contribution in [0.3, 0.4) is 0 Å². The average Bonchev–Trinajstić information content (AvgIpc) is 2.67. The number of carbonyl (C=O) groups excluding carboxylic acids is 3. The van der Waals surface area contributed by atoms with E-state index < -0.39 is 6.03 Å². The molecule has 27 heavy (non-hydrogen) atoms. The van der Waals surface area contributed by atoms with Crippen molar-refractivity contribution in [1.82, 2.24) is 16.0 Å². The van der Waals surface area contributed by atoms with E-state index >= 15 is 0 Å². The molecule has 1 saturated carbocycles. The number of imide groups is 1. The van der Waals surface area contributed by atoms with Crippen molar-refractivity contribution >= 4 is 17.8 Å². The summed E-state index contributed by atoms with van der Waals surface area (Å²) in [6.07, 6.45) is 5.43. The van der Waals surface area contributed by atoms with Crippen molar-refractivity contribution in [3.05, 3.63) is 35.4 Å². The summed E-state index contributed by atoms with van der Waals surface area (Å²) >= 11 is 0. The fraction of sp³-hybridized carbons (Fsp3) is 0.550. The van der Waals surface area contributed by atoms with Gasteiger partial charge in [0, 0.05) is 24.2 Å². The molecule has 148 valence electrons. The lowest BCUT2D eigenvalue weighted by atomic mass is 9.96. The summed E-state index contributed by atoms with van der Waals surface area (Å²) in [5.74, 6) is -0.415. The van der Waals surface area contributed by atoms with Crippen LogP contribution in [-0.4, -0.2) is 44.0 Å². The first kappa shape index (κ1) is 20.9. The zero-order valence-corrected chi connectivity index (χ0v) is 16.4. The summed E-state index contributed by atoms with van der Waals surface area (Å²) in [6, 6.07) is 6.70. The maximum absolute atomic E-state index is 12.4. The van der Waals surface area contributed by atoms with Gasteiger partial charge in [0.25, 0.3) is 11.8 Å². The third-order valence-electron chi connectivity index (χ3n) is 5.24. The monoisotopic (exact) mass is 375 g/mol. The molecule has 1 aliphatic rings. The van der Waals surface area contributed by atoms with Crippen LogP contribution in [0.25, 0.3) is 0 Å². The smallest absolute Gasteiger partial charge is 0.321 e. The number of urea groups is 1. The van der Waals surface area contributed by atoms with Crippen LogP contribution in [0.2, 0.25) is 0 Å². The van der Waals surface area contributed by atoms with Gasteiger partial charge in [-0.3, -0.25) is 14.9 Å². The van der Waals surface area contributed by atoms with E-state index in [1.165, 1.54) is 6.42 Å². The summed E-state index contributed by atoms with van der Waals surface area (Å²) < 4.78 is 0. The molecule has 7 nitrogen and oxygen atoms in total. The molecular weight excluding hydrogens is 344 g/mol. The number of likely N-dealkylation sites (N-methyl/N-ethyl adjacent to an activating group) is 1. The minimum absolute atomic E-state index is 0.126. The minimum atomic E-state index is -0.401. The summed E-state index contributed by atoms with van der Waals surface area (Å²) in [6.45, 7) is 2.42. The molecule has 1 fully saturated rings. The van der Waals surface area contributed by atoms with Crippen LogP contribution in [0.1, 0.15) is 54.9 Å². The number of amides is 4. The molecule has 2 atom stereocenters. The minimum Gasteiger partial charge on any atom is -0.355 e. The van der Waals surface area contributed by atoms with Crippen LogP contribution < -0.4 is 20.9 Å². The Labute approximate surface area is 160 Å². The van der Waals surface area contributed by atoms with E-state index in [-0.39, 0.29) is 23.9 Å². The normalized spacial score (nSPS) is 16.9. The molecule has 1 aromatic carbocycles. The Balaban J connectivity index is 1.82. The van der Waals surface area contributed by atoms with Crippen molar-refractivity contribution in [3.63, 3.8) is 0 Å². The van der Waals surface area contributed by atoms with Gasteiger partial charge in [-0.25, -0.2) is 4.79 Å². The van der Waals surface area contributed by atoms with Gasteiger partial charge in [-0.15, -0.1) is 0 Å². The van der Waals surface area contributed by atoms with Gasteiger partial charge < -0.3 is 15.5 Å². The number of carbonyl (C=O) groups is 3. The number of hydrogen-bond acceptors (Lipinski definition) is 3. The molecule has 0 bridgehead atoms. The van der Waals surface area contributed by atoms with Crippen molar-refractivity contribution in [2.45, 2.75) is 57.7 Å². The van der Waals surface area contributed by atoms with E-state index in [0.717, 1.165) is 36.1 Å². The molecule has 2 rings (SSSR count). The average molecular weight is 375 g/mol. The predicted octanol–water partition coefficient (Wildman–Crippen LogP) is 0.608. The highest BCUT2D eigenvalue weighted by Crippen LogP contribution is 2.17. The van der Waals surface area contributed by atoms with Gasteiger partial charge in [0.1, 0.15) is 6.54 Å². The molecule has 7 heteroatoms. The number of rotatable bonds is 6. The lowest BCUT2D eigenvalue weighted by Crippen LogP contribution is -3.12. The van der Waals surface area contributed by atoms with Crippen LogP contribution in [-0.2, 0) is 11.3 Å². The predicted molar refractivity (Wildman–Crippen MR) is 103 cm³/mol. The van der Waals surface area contributed by atoms with E-state index in [2.05, 4.69) is 16.0 Å².